The highest BCUT2D eigenvalue weighted by Gasteiger charge is 2.40. The minimum absolute atomic E-state index is 0.0571. The van der Waals surface area contributed by atoms with Crippen LogP contribution < -0.4 is 48.7 Å². The van der Waals surface area contributed by atoms with E-state index in [0.29, 0.717) is 19.3 Å². The van der Waals surface area contributed by atoms with Gasteiger partial charge in [0.15, 0.2) is 0 Å². The molecule has 21 heteroatoms. The van der Waals surface area contributed by atoms with Crippen molar-refractivity contribution in [3.05, 3.63) is 46.1 Å². The second-order valence-electron chi connectivity index (χ2n) is 13.3. The number of primary amides is 2. The lowest BCUT2D eigenvalue weighted by Crippen LogP contribution is -2.65. The molecule has 5 atom stereocenters. The molecule has 0 aliphatic rings. The Morgan fingerprint density at radius 3 is 2.09 bits per heavy atom. The van der Waals surface area contributed by atoms with E-state index in [1.165, 1.54) is 38.1 Å². The molecule has 0 radical (unpaired) electrons. The van der Waals surface area contributed by atoms with E-state index in [-0.39, 0.29) is 31.4 Å². The van der Waals surface area contributed by atoms with Crippen LogP contribution in [0, 0.1) is 11.7 Å². The average Bonchev–Trinajstić information content (AvgIpc) is 3.12. The molecule has 1 rings (SSSR count). The molecule has 8 amide bonds. The Morgan fingerprint density at radius 2 is 1.51 bits per heavy atom. The quantitative estimate of drug-likeness (QED) is 0.0239. The second-order valence-corrected chi connectivity index (χ2v) is 13.3. The van der Waals surface area contributed by atoms with Crippen LogP contribution in [0.2, 0.25) is 0 Å². The lowest BCUT2D eigenvalue weighted by Gasteiger charge is -2.34. The number of unbranched alkanes of at least 4 members (excludes halogenated alkanes) is 1. The average molecular weight is 777 g/mol. The topological polar surface area (TPSA) is 322 Å². The summed E-state index contributed by atoms with van der Waals surface area (Å²) in [5.74, 6) is -7.61. The largest absolute Gasteiger partial charge is 0.370 e. The zero-order valence-corrected chi connectivity index (χ0v) is 31.7. The number of nitrogens with one attached hydrogen (secondary N) is 7. The van der Waals surface area contributed by atoms with Gasteiger partial charge in [0.25, 0.3) is 0 Å². The molecule has 0 fully saturated rings. The maximum Gasteiger partial charge on any atom is 0.246 e. The highest BCUT2D eigenvalue weighted by Crippen LogP contribution is 2.19. The van der Waals surface area contributed by atoms with Crippen LogP contribution in [-0.2, 0) is 44.8 Å². The number of halogens is 1. The Labute approximate surface area is 318 Å². The Bertz CT molecular complexity index is 1590. The SMILES string of the molecule is CN[C@@H](CCCCN=[N+]=[N-])C(=O)N[C@@H](C)C(=O)N[C@@](C)(Cc1ccccc1F)C(=O)N[C@H](C(=O)N[C@@H](CCC(N)=O)C(=O)NCC(=O)NCC(N)=O)C(C)C. The van der Waals surface area contributed by atoms with Crippen molar-refractivity contribution in [1.82, 2.24) is 37.2 Å². The molecule has 0 saturated heterocycles. The number of hydrogen-bond donors (Lipinski definition) is 9. The van der Waals surface area contributed by atoms with Crippen LogP contribution >= 0.6 is 0 Å². The first-order valence-electron chi connectivity index (χ1n) is 17.6. The first kappa shape index (κ1) is 47.2. The van der Waals surface area contributed by atoms with Gasteiger partial charge in [-0.05, 0) is 63.2 Å². The molecular weight excluding hydrogens is 723 g/mol. The molecule has 0 spiro atoms. The van der Waals surface area contributed by atoms with E-state index in [1.807, 2.05) is 0 Å². The molecule has 0 aliphatic carbocycles. The van der Waals surface area contributed by atoms with Crippen LogP contribution in [-0.4, -0.2) is 104 Å². The molecule has 55 heavy (non-hydrogen) atoms. The maximum absolute atomic E-state index is 14.9. The summed E-state index contributed by atoms with van der Waals surface area (Å²) in [5, 5.41) is 21.0. The zero-order chi connectivity index (χ0) is 41.7. The summed E-state index contributed by atoms with van der Waals surface area (Å²) in [6.07, 6.45) is 0.486. The smallest absolute Gasteiger partial charge is 0.246 e. The molecule has 0 heterocycles. The van der Waals surface area contributed by atoms with Crippen molar-refractivity contribution in [3.8, 4) is 0 Å². The van der Waals surface area contributed by atoms with Crippen LogP contribution in [0.1, 0.15) is 65.4 Å². The number of carbonyl (C=O) groups is 8. The summed E-state index contributed by atoms with van der Waals surface area (Å²) in [6.45, 7) is 5.09. The van der Waals surface area contributed by atoms with Gasteiger partial charge in [-0.1, -0.05) is 43.6 Å². The van der Waals surface area contributed by atoms with Gasteiger partial charge in [0.1, 0.15) is 29.5 Å². The number of nitrogens with two attached hydrogens (primary N) is 2. The Morgan fingerprint density at radius 1 is 0.836 bits per heavy atom. The molecule has 1 aromatic carbocycles. The van der Waals surface area contributed by atoms with Gasteiger partial charge < -0.3 is 48.7 Å². The molecule has 0 unspecified atom stereocenters. The number of hydrogen-bond acceptors (Lipinski definition) is 10. The molecule has 11 N–H and O–H groups in total. The minimum atomic E-state index is -1.91. The highest BCUT2D eigenvalue weighted by molar-refractivity contribution is 5.98. The van der Waals surface area contributed by atoms with Crippen molar-refractivity contribution < 1.29 is 42.7 Å². The van der Waals surface area contributed by atoms with Gasteiger partial charge in [-0.2, -0.15) is 0 Å². The van der Waals surface area contributed by atoms with E-state index in [2.05, 4.69) is 47.2 Å². The fraction of sp³-hybridized carbons (Fsp3) is 0.588. The van der Waals surface area contributed by atoms with Gasteiger partial charge in [0.2, 0.25) is 47.3 Å². The van der Waals surface area contributed by atoms with Gasteiger partial charge in [0.05, 0.1) is 19.1 Å². The first-order valence-corrected chi connectivity index (χ1v) is 17.6. The monoisotopic (exact) mass is 776 g/mol. The Hall–Kier alpha value is -5.82. The Kier molecular flexibility index (Phi) is 20.4. The second kappa shape index (κ2) is 23.8. The summed E-state index contributed by atoms with van der Waals surface area (Å²) < 4.78 is 14.9. The Balaban J connectivity index is 3.26. The van der Waals surface area contributed by atoms with Gasteiger partial charge >= 0.3 is 0 Å². The van der Waals surface area contributed by atoms with Gasteiger partial charge in [-0.15, -0.1) is 0 Å². The summed E-state index contributed by atoms with van der Waals surface area (Å²) in [7, 11) is 1.57. The fourth-order valence-electron chi connectivity index (χ4n) is 5.14. The van der Waals surface area contributed by atoms with Gasteiger partial charge in [-0.25, -0.2) is 4.39 Å². The van der Waals surface area contributed by atoms with E-state index in [1.54, 1.807) is 20.9 Å². The first-order chi connectivity index (χ1) is 25.8. The molecule has 0 aliphatic heterocycles. The van der Waals surface area contributed by atoms with Crippen LogP contribution in [0.15, 0.2) is 29.4 Å². The molecule has 0 bridgehead atoms. The van der Waals surface area contributed by atoms with E-state index in [0.717, 1.165) is 0 Å². The zero-order valence-electron chi connectivity index (χ0n) is 31.7. The van der Waals surface area contributed by atoms with E-state index < -0.39 is 102 Å². The molecule has 0 aromatic heterocycles. The normalized spacial score (nSPS) is 14.0. The lowest BCUT2D eigenvalue weighted by molar-refractivity contribution is -0.138. The third-order valence-corrected chi connectivity index (χ3v) is 8.31. The third-order valence-electron chi connectivity index (χ3n) is 8.31. The maximum atomic E-state index is 14.9. The van der Waals surface area contributed by atoms with Crippen molar-refractivity contribution in [2.24, 2.45) is 22.5 Å². The number of amides is 8. The van der Waals surface area contributed by atoms with E-state index in [9.17, 15) is 42.7 Å². The predicted octanol–water partition coefficient (Wildman–Crippen LogP) is -1.57. The number of nitrogens with zero attached hydrogens (tertiary/aromatic N) is 3. The van der Waals surface area contributed by atoms with Crippen molar-refractivity contribution in [2.75, 3.05) is 26.7 Å². The fourth-order valence-corrected chi connectivity index (χ4v) is 5.14. The summed E-state index contributed by atoms with van der Waals surface area (Å²) >= 11 is 0. The standard InChI is InChI=1S/C34H53FN12O8/c1-19(2)28(32(54)44-24(13-14-25(36)48)30(52)41-18-27(50)40-17-26(37)49)45-33(55)34(4,16-21-10-6-7-11-22(21)35)46-29(51)20(3)43-31(53)23(39-5)12-8-9-15-42-47-38/h6-7,10-11,19-20,23-24,28,39H,8-9,12-18H2,1-5H3,(H2,36,48)(H2,37,49)(H,40,50)(H,41,52)(H,43,53)(H,44,54)(H,45,55)(H,46,51)/t20-,23-,24-,28-,34-/m0/s1. The lowest BCUT2D eigenvalue weighted by atomic mass is 9.89. The van der Waals surface area contributed by atoms with Crippen LogP contribution in [0.3, 0.4) is 0 Å². The summed E-state index contributed by atoms with van der Waals surface area (Å²) in [5.41, 5.74) is 16.8. The van der Waals surface area contributed by atoms with E-state index in [4.69, 9.17) is 17.0 Å². The molecule has 0 saturated carbocycles. The number of likely N-dealkylation sites (N-methyl/N-ethyl adjacent to an activating group) is 1. The minimum Gasteiger partial charge on any atom is -0.370 e. The summed E-state index contributed by atoms with van der Waals surface area (Å²) in [6, 6.07) is 0.960. The van der Waals surface area contributed by atoms with Crippen molar-refractivity contribution in [3.63, 3.8) is 0 Å². The number of benzene rings is 1. The van der Waals surface area contributed by atoms with Crippen LogP contribution in [0.25, 0.3) is 10.4 Å². The van der Waals surface area contributed by atoms with Crippen LogP contribution in [0.4, 0.5) is 4.39 Å². The number of carbonyl (C=O) groups excluding carboxylic acids is 8. The van der Waals surface area contributed by atoms with Crippen LogP contribution in [0.5, 0.6) is 0 Å². The third kappa shape index (κ3) is 17.2. The van der Waals surface area contributed by atoms with Gasteiger partial charge in [-0.3, -0.25) is 38.4 Å². The molecule has 20 nitrogen and oxygen atoms in total. The number of rotatable bonds is 25. The summed E-state index contributed by atoms with van der Waals surface area (Å²) in [4.78, 5) is 104. The highest BCUT2D eigenvalue weighted by atomic mass is 19.1. The predicted molar refractivity (Wildman–Crippen MR) is 197 cm³/mol. The van der Waals surface area contributed by atoms with Gasteiger partial charge in [0, 0.05) is 24.3 Å². The molecule has 304 valence electrons. The van der Waals surface area contributed by atoms with Crippen molar-refractivity contribution >= 4 is 47.3 Å². The van der Waals surface area contributed by atoms with Crippen molar-refractivity contribution in [1.29, 1.82) is 0 Å². The molecular formula is C34H53FN12O8. The molecule has 1 aromatic rings. The van der Waals surface area contributed by atoms with Crippen molar-refractivity contribution in [2.45, 2.75) is 95.9 Å². The van der Waals surface area contributed by atoms with E-state index >= 15 is 0 Å². The number of azide groups is 1.